The molecule has 1 aromatic carbocycles. The lowest BCUT2D eigenvalue weighted by Gasteiger charge is -2.24. The molecule has 0 fully saturated rings. The number of nitrogens with two attached hydrogens (primary N) is 2. The lowest BCUT2D eigenvalue weighted by Crippen LogP contribution is -2.35. The summed E-state index contributed by atoms with van der Waals surface area (Å²) in [4.78, 5) is 11.1. The summed E-state index contributed by atoms with van der Waals surface area (Å²) in [5.74, 6) is -0.196. The van der Waals surface area contributed by atoms with Crippen molar-refractivity contribution < 1.29 is 14.6 Å². The van der Waals surface area contributed by atoms with E-state index in [-0.39, 0.29) is 11.8 Å². The zero-order valence-electron chi connectivity index (χ0n) is 8.06. The van der Waals surface area contributed by atoms with Crippen LogP contribution in [0.25, 0.3) is 0 Å². The number of carbonyl (C=O) groups excluding carboxylic acids is 1. The van der Waals surface area contributed by atoms with Crippen molar-refractivity contribution in [2.75, 3.05) is 6.61 Å². The third kappa shape index (κ3) is 1.61. The van der Waals surface area contributed by atoms with E-state index in [9.17, 15) is 9.90 Å². The summed E-state index contributed by atoms with van der Waals surface area (Å²) in [6, 6.07) is 2.71. The highest BCUT2D eigenvalue weighted by molar-refractivity contribution is 5.95. The highest BCUT2D eigenvalue weighted by atomic mass is 16.5. The number of hydrogen-bond acceptors (Lipinski definition) is 4. The van der Waals surface area contributed by atoms with E-state index < -0.39 is 5.91 Å². The van der Waals surface area contributed by atoms with Gasteiger partial charge in [0.05, 0.1) is 0 Å². The molecule has 0 aromatic heterocycles. The Labute approximate surface area is 86.6 Å². The number of rotatable bonds is 1. The van der Waals surface area contributed by atoms with E-state index in [0.29, 0.717) is 29.9 Å². The van der Waals surface area contributed by atoms with Gasteiger partial charge in [0.2, 0.25) is 5.91 Å². The maximum absolute atomic E-state index is 11.1. The Morgan fingerprint density at radius 1 is 1.53 bits per heavy atom. The molecule has 0 bridgehead atoms. The molecule has 1 atom stereocenters. The molecular weight excluding hydrogens is 196 g/mol. The van der Waals surface area contributed by atoms with E-state index in [2.05, 4.69) is 0 Å². The average molecular weight is 208 g/mol. The minimum Gasteiger partial charge on any atom is -0.504 e. The molecule has 5 nitrogen and oxygen atoms in total. The molecular formula is C10H12N2O3. The molecule has 1 heterocycles. The van der Waals surface area contributed by atoms with Crippen molar-refractivity contribution in [1.82, 2.24) is 0 Å². The predicted molar refractivity (Wildman–Crippen MR) is 53.8 cm³/mol. The Kier molecular flexibility index (Phi) is 2.24. The van der Waals surface area contributed by atoms with Gasteiger partial charge in [-0.25, -0.2) is 0 Å². The first-order valence-electron chi connectivity index (χ1n) is 4.62. The molecule has 0 radical (unpaired) electrons. The molecule has 1 amide bonds. The second-order valence-corrected chi connectivity index (χ2v) is 3.58. The number of phenolic OH excluding ortho intramolecular Hbond substituents is 1. The molecule has 5 heteroatoms. The third-order valence-corrected chi connectivity index (χ3v) is 2.41. The SMILES string of the molecule is NC(=O)c1ccc(O)c2c1CC(N)CO2. The van der Waals surface area contributed by atoms with E-state index in [1.807, 2.05) is 0 Å². The molecule has 2 rings (SSSR count). The molecule has 1 aromatic rings. The molecule has 1 unspecified atom stereocenters. The van der Waals surface area contributed by atoms with Crippen LogP contribution in [0.2, 0.25) is 0 Å². The number of ether oxygens (including phenoxy) is 1. The summed E-state index contributed by atoms with van der Waals surface area (Å²) in [6.45, 7) is 0.336. The number of benzene rings is 1. The second kappa shape index (κ2) is 3.43. The Hall–Kier alpha value is -1.75. The van der Waals surface area contributed by atoms with Gasteiger partial charge in [-0.2, -0.15) is 0 Å². The van der Waals surface area contributed by atoms with Crippen molar-refractivity contribution in [2.45, 2.75) is 12.5 Å². The third-order valence-electron chi connectivity index (χ3n) is 2.41. The first-order chi connectivity index (χ1) is 7.09. The van der Waals surface area contributed by atoms with E-state index in [1.165, 1.54) is 12.1 Å². The fourth-order valence-electron chi connectivity index (χ4n) is 1.72. The van der Waals surface area contributed by atoms with Crippen LogP contribution in [0.3, 0.4) is 0 Å². The van der Waals surface area contributed by atoms with Gasteiger partial charge in [0, 0.05) is 17.2 Å². The van der Waals surface area contributed by atoms with E-state index >= 15 is 0 Å². The van der Waals surface area contributed by atoms with Crippen LogP contribution in [-0.4, -0.2) is 23.7 Å². The highest BCUT2D eigenvalue weighted by Crippen LogP contribution is 2.35. The van der Waals surface area contributed by atoms with Crippen molar-refractivity contribution >= 4 is 5.91 Å². The lowest BCUT2D eigenvalue weighted by atomic mass is 9.97. The lowest BCUT2D eigenvalue weighted by molar-refractivity contribution is 0.0998. The first-order valence-corrected chi connectivity index (χ1v) is 4.62. The van der Waals surface area contributed by atoms with Crippen molar-refractivity contribution in [3.8, 4) is 11.5 Å². The summed E-state index contributed by atoms with van der Waals surface area (Å²) >= 11 is 0. The monoisotopic (exact) mass is 208 g/mol. The minimum absolute atomic E-state index is 0.0156. The fourth-order valence-corrected chi connectivity index (χ4v) is 1.72. The zero-order valence-corrected chi connectivity index (χ0v) is 8.06. The number of carbonyl (C=O) groups is 1. The first kappa shape index (κ1) is 9.79. The molecule has 1 aliphatic heterocycles. The van der Waals surface area contributed by atoms with Crippen LogP contribution in [0.5, 0.6) is 11.5 Å². The summed E-state index contributed by atoms with van der Waals surface area (Å²) in [7, 11) is 0. The van der Waals surface area contributed by atoms with Crippen molar-refractivity contribution in [3.63, 3.8) is 0 Å². The fraction of sp³-hybridized carbons (Fsp3) is 0.300. The molecule has 15 heavy (non-hydrogen) atoms. The van der Waals surface area contributed by atoms with Crippen molar-refractivity contribution in [2.24, 2.45) is 11.5 Å². The minimum atomic E-state index is -0.538. The van der Waals surface area contributed by atoms with Crippen LogP contribution < -0.4 is 16.2 Å². The van der Waals surface area contributed by atoms with E-state index in [1.54, 1.807) is 0 Å². The normalized spacial score (nSPS) is 19.1. The van der Waals surface area contributed by atoms with Gasteiger partial charge in [0.25, 0.3) is 0 Å². The Morgan fingerprint density at radius 3 is 2.93 bits per heavy atom. The van der Waals surface area contributed by atoms with Crippen LogP contribution >= 0.6 is 0 Å². The summed E-state index contributed by atoms with van der Waals surface area (Å²) < 4.78 is 5.27. The van der Waals surface area contributed by atoms with E-state index in [0.717, 1.165) is 0 Å². The second-order valence-electron chi connectivity index (χ2n) is 3.58. The van der Waals surface area contributed by atoms with Gasteiger partial charge in [-0.05, 0) is 18.6 Å². The Balaban J connectivity index is 2.56. The van der Waals surface area contributed by atoms with Crippen LogP contribution in [-0.2, 0) is 6.42 Å². The van der Waals surface area contributed by atoms with Gasteiger partial charge in [0.15, 0.2) is 11.5 Å². The summed E-state index contributed by atoms with van der Waals surface area (Å²) in [5.41, 5.74) is 11.9. The van der Waals surface area contributed by atoms with Gasteiger partial charge >= 0.3 is 0 Å². The topological polar surface area (TPSA) is 98.6 Å². The summed E-state index contributed by atoms with van der Waals surface area (Å²) in [5, 5.41) is 9.53. The molecule has 0 aliphatic carbocycles. The van der Waals surface area contributed by atoms with Crippen LogP contribution in [0, 0.1) is 0 Å². The van der Waals surface area contributed by atoms with Crippen LogP contribution in [0.15, 0.2) is 12.1 Å². The molecule has 5 N–H and O–H groups in total. The highest BCUT2D eigenvalue weighted by Gasteiger charge is 2.24. The maximum Gasteiger partial charge on any atom is 0.249 e. The molecule has 0 saturated carbocycles. The largest absolute Gasteiger partial charge is 0.504 e. The smallest absolute Gasteiger partial charge is 0.249 e. The summed E-state index contributed by atoms with van der Waals surface area (Å²) in [6.07, 6.45) is 0.488. The number of aromatic hydroxyl groups is 1. The van der Waals surface area contributed by atoms with Gasteiger partial charge in [-0.1, -0.05) is 0 Å². The maximum atomic E-state index is 11.1. The van der Waals surface area contributed by atoms with Gasteiger partial charge in [0.1, 0.15) is 6.61 Å². The zero-order chi connectivity index (χ0) is 11.0. The van der Waals surface area contributed by atoms with Crippen LogP contribution in [0.4, 0.5) is 0 Å². The number of primary amides is 1. The molecule has 1 aliphatic rings. The number of hydrogen-bond donors (Lipinski definition) is 3. The van der Waals surface area contributed by atoms with E-state index in [4.69, 9.17) is 16.2 Å². The Morgan fingerprint density at radius 2 is 2.27 bits per heavy atom. The van der Waals surface area contributed by atoms with Gasteiger partial charge in [-0.3, -0.25) is 4.79 Å². The Bertz CT molecular complexity index is 417. The standard InChI is InChI=1S/C10H12N2O3/c11-5-3-7-6(10(12)14)1-2-8(13)9(7)15-4-5/h1-2,5,13H,3-4,11H2,(H2,12,14). The molecule has 80 valence electrons. The molecule has 0 spiro atoms. The quantitative estimate of drug-likeness (QED) is 0.592. The van der Waals surface area contributed by atoms with Gasteiger partial charge in [-0.15, -0.1) is 0 Å². The van der Waals surface area contributed by atoms with Crippen molar-refractivity contribution in [1.29, 1.82) is 0 Å². The average Bonchev–Trinajstić information content (AvgIpc) is 2.17. The molecule has 0 saturated heterocycles. The number of amides is 1. The van der Waals surface area contributed by atoms with Gasteiger partial charge < -0.3 is 21.3 Å². The predicted octanol–water partition coefficient (Wildman–Crippen LogP) is -0.247. The van der Waals surface area contributed by atoms with Crippen LogP contribution in [0.1, 0.15) is 15.9 Å². The van der Waals surface area contributed by atoms with Crippen molar-refractivity contribution in [3.05, 3.63) is 23.3 Å². The number of fused-ring (bicyclic) bond motifs is 1. The number of phenols is 1.